The number of hydrogen-bond acceptors (Lipinski definition) is 4. The zero-order chi connectivity index (χ0) is 22.9. The average molecular weight is 453 g/mol. The molecule has 0 saturated carbocycles. The molecule has 174 valence electrons. The van der Waals surface area contributed by atoms with E-state index in [4.69, 9.17) is 4.74 Å². The van der Waals surface area contributed by atoms with E-state index in [1.165, 1.54) is 58.1 Å². The van der Waals surface area contributed by atoms with E-state index >= 15 is 0 Å². The van der Waals surface area contributed by atoms with Crippen LogP contribution in [0.5, 0.6) is 5.75 Å². The van der Waals surface area contributed by atoms with Crippen molar-refractivity contribution in [3.63, 3.8) is 0 Å². The number of fused-ring (bicyclic) bond motifs is 3. The fourth-order valence-corrected chi connectivity index (χ4v) is 5.92. The van der Waals surface area contributed by atoms with Crippen LogP contribution in [0.2, 0.25) is 0 Å². The third-order valence-corrected chi connectivity index (χ3v) is 7.55. The smallest absolute Gasteiger partial charge is 0.123 e. The number of rotatable bonds is 5. The van der Waals surface area contributed by atoms with Crippen LogP contribution in [-0.2, 0) is 13.0 Å². The lowest BCUT2D eigenvalue weighted by molar-refractivity contribution is 0.139. The Hall–Kier alpha value is -3.15. The van der Waals surface area contributed by atoms with Gasteiger partial charge >= 0.3 is 0 Å². The molecule has 2 N–H and O–H groups in total. The SMILES string of the molecule is COc1ccc([C@@H]2NCCc3c2[nH]c2ccccc32)cc1CN1CCCC[C@@H]1c1cccnc1. The number of likely N-dealkylation sites (tertiary alicyclic amines) is 1. The number of para-hydroxylation sites is 1. The lowest BCUT2D eigenvalue weighted by Gasteiger charge is -2.36. The zero-order valence-corrected chi connectivity index (χ0v) is 19.8. The summed E-state index contributed by atoms with van der Waals surface area (Å²) in [4.78, 5) is 10.7. The number of benzene rings is 2. The van der Waals surface area contributed by atoms with Crippen LogP contribution in [0.1, 0.15) is 59.3 Å². The van der Waals surface area contributed by atoms with Gasteiger partial charge in [0.25, 0.3) is 0 Å². The molecule has 34 heavy (non-hydrogen) atoms. The number of H-pyrrole nitrogens is 1. The molecule has 2 aliphatic rings. The van der Waals surface area contributed by atoms with Gasteiger partial charge in [0.2, 0.25) is 0 Å². The first-order valence-corrected chi connectivity index (χ1v) is 12.5. The van der Waals surface area contributed by atoms with Crippen LogP contribution in [0.4, 0.5) is 0 Å². The normalized spacial score (nSPS) is 20.9. The topological polar surface area (TPSA) is 53.2 Å². The Kier molecular flexibility index (Phi) is 5.81. The number of aromatic nitrogens is 2. The van der Waals surface area contributed by atoms with E-state index in [2.05, 4.69) is 74.8 Å². The third-order valence-electron chi connectivity index (χ3n) is 7.55. The zero-order valence-electron chi connectivity index (χ0n) is 19.8. The molecule has 2 atom stereocenters. The highest BCUT2D eigenvalue weighted by molar-refractivity contribution is 5.85. The molecule has 2 aliphatic heterocycles. The fraction of sp³-hybridized carbons (Fsp3) is 0.345. The first kappa shape index (κ1) is 21.4. The molecular formula is C29H32N4O. The summed E-state index contributed by atoms with van der Waals surface area (Å²) in [5.74, 6) is 0.965. The number of piperidine rings is 1. The van der Waals surface area contributed by atoms with Crippen molar-refractivity contribution in [1.29, 1.82) is 0 Å². The number of nitrogens with one attached hydrogen (secondary N) is 2. The molecule has 5 nitrogen and oxygen atoms in total. The van der Waals surface area contributed by atoms with Crippen LogP contribution in [-0.4, -0.2) is 35.1 Å². The summed E-state index contributed by atoms with van der Waals surface area (Å²) >= 11 is 0. The minimum Gasteiger partial charge on any atom is -0.496 e. The van der Waals surface area contributed by atoms with Crippen molar-refractivity contribution in [3.8, 4) is 5.75 Å². The van der Waals surface area contributed by atoms with Gasteiger partial charge in [-0.2, -0.15) is 0 Å². The first-order valence-electron chi connectivity index (χ1n) is 12.5. The van der Waals surface area contributed by atoms with Crippen molar-refractivity contribution in [2.75, 3.05) is 20.2 Å². The van der Waals surface area contributed by atoms with E-state index in [1.54, 1.807) is 7.11 Å². The Morgan fingerprint density at radius 1 is 1.06 bits per heavy atom. The van der Waals surface area contributed by atoms with Crippen LogP contribution in [0, 0.1) is 0 Å². The summed E-state index contributed by atoms with van der Waals surface area (Å²) < 4.78 is 5.82. The van der Waals surface area contributed by atoms with Gasteiger partial charge in [0.1, 0.15) is 5.75 Å². The molecule has 0 radical (unpaired) electrons. The summed E-state index contributed by atoms with van der Waals surface area (Å²) in [5.41, 5.74) is 7.83. The molecule has 0 aliphatic carbocycles. The second kappa shape index (κ2) is 9.24. The van der Waals surface area contributed by atoms with Crippen LogP contribution in [0.3, 0.4) is 0 Å². The molecule has 5 heteroatoms. The molecule has 2 aromatic heterocycles. The summed E-state index contributed by atoms with van der Waals surface area (Å²) in [5, 5.41) is 5.11. The van der Waals surface area contributed by atoms with E-state index in [9.17, 15) is 0 Å². The van der Waals surface area contributed by atoms with E-state index in [-0.39, 0.29) is 6.04 Å². The first-order chi connectivity index (χ1) is 16.8. The quantitative estimate of drug-likeness (QED) is 0.418. The van der Waals surface area contributed by atoms with Crippen molar-refractivity contribution >= 4 is 10.9 Å². The minimum atomic E-state index is 0.163. The van der Waals surface area contributed by atoms with E-state index in [1.807, 2.05) is 12.4 Å². The van der Waals surface area contributed by atoms with Gasteiger partial charge in [-0.15, -0.1) is 0 Å². The third kappa shape index (κ3) is 3.89. The van der Waals surface area contributed by atoms with Gasteiger partial charge in [-0.3, -0.25) is 9.88 Å². The van der Waals surface area contributed by atoms with Crippen LogP contribution in [0.25, 0.3) is 10.9 Å². The largest absolute Gasteiger partial charge is 0.496 e. The standard InChI is InChI=1S/C29H32N4O/c1-34-27-12-11-20(28-29-24(13-15-31-28)23-8-2-3-9-25(23)32-29)17-22(27)19-33-16-5-4-10-26(33)21-7-6-14-30-18-21/h2-3,6-9,11-12,14,17-18,26,28,31-32H,4-5,10,13,15-16,19H2,1H3/t26-,28+/m1/s1. The molecular weight excluding hydrogens is 420 g/mol. The van der Waals surface area contributed by atoms with Gasteiger partial charge in [-0.25, -0.2) is 0 Å². The van der Waals surface area contributed by atoms with Gasteiger partial charge in [0.15, 0.2) is 0 Å². The van der Waals surface area contributed by atoms with E-state index in [0.29, 0.717) is 6.04 Å². The Balaban J connectivity index is 1.34. The van der Waals surface area contributed by atoms with Crippen molar-refractivity contribution in [1.82, 2.24) is 20.2 Å². The number of pyridine rings is 1. The van der Waals surface area contributed by atoms with E-state index in [0.717, 1.165) is 31.8 Å². The fourth-order valence-electron chi connectivity index (χ4n) is 5.92. The lowest BCUT2D eigenvalue weighted by atomic mass is 9.92. The summed E-state index contributed by atoms with van der Waals surface area (Å²) in [6.07, 6.45) is 8.62. The molecule has 0 bridgehead atoms. The van der Waals surface area contributed by atoms with Crippen molar-refractivity contribution in [3.05, 3.63) is 94.9 Å². The highest BCUT2D eigenvalue weighted by Crippen LogP contribution is 2.37. The van der Waals surface area contributed by atoms with Gasteiger partial charge < -0.3 is 15.0 Å². The molecule has 0 spiro atoms. The maximum Gasteiger partial charge on any atom is 0.123 e. The summed E-state index contributed by atoms with van der Waals surface area (Å²) in [6.45, 7) is 2.96. The predicted octanol–water partition coefficient (Wildman–Crippen LogP) is 5.53. The summed E-state index contributed by atoms with van der Waals surface area (Å²) in [6, 6.07) is 20.2. The molecule has 0 unspecified atom stereocenters. The Morgan fingerprint density at radius 3 is 2.88 bits per heavy atom. The van der Waals surface area contributed by atoms with Crippen LogP contribution < -0.4 is 10.1 Å². The van der Waals surface area contributed by atoms with Crippen LogP contribution >= 0.6 is 0 Å². The van der Waals surface area contributed by atoms with Gasteiger partial charge in [-0.1, -0.05) is 36.8 Å². The maximum absolute atomic E-state index is 5.82. The summed E-state index contributed by atoms with van der Waals surface area (Å²) in [7, 11) is 1.78. The number of aromatic amines is 1. The molecule has 0 amide bonds. The Labute approximate surface area is 201 Å². The lowest BCUT2D eigenvalue weighted by Crippen LogP contribution is -2.33. The van der Waals surface area contributed by atoms with Gasteiger partial charge in [0.05, 0.1) is 13.2 Å². The second-order valence-corrected chi connectivity index (χ2v) is 9.54. The van der Waals surface area contributed by atoms with Gasteiger partial charge in [-0.05, 0) is 66.8 Å². The van der Waals surface area contributed by atoms with Crippen molar-refractivity contribution in [2.45, 2.75) is 44.3 Å². The molecule has 4 aromatic rings. The average Bonchev–Trinajstić information content (AvgIpc) is 3.28. The second-order valence-electron chi connectivity index (χ2n) is 9.54. The van der Waals surface area contributed by atoms with Gasteiger partial charge in [0, 0.05) is 53.7 Å². The molecule has 4 heterocycles. The monoisotopic (exact) mass is 452 g/mol. The minimum absolute atomic E-state index is 0.163. The number of hydrogen-bond donors (Lipinski definition) is 2. The Bertz CT molecular complexity index is 1280. The molecule has 1 saturated heterocycles. The predicted molar refractivity (Wildman–Crippen MR) is 136 cm³/mol. The molecule has 1 fully saturated rings. The van der Waals surface area contributed by atoms with Crippen molar-refractivity contribution in [2.24, 2.45) is 0 Å². The highest BCUT2D eigenvalue weighted by atomic mass is 16.5. The number of ether oxygens (including phenoxy) is 1. The number of methoxy groups -OCH3 is 1. The van der Waals surface area contributed by atoms with Crippen LogP contribution in [0.15, 0.2) is 67.0 Å². The van der Waals surface area contributed by atoms with E-state index < -0.39 is 0 Å². The van der Waals surface area contributed by atoms with Crippen molar-refractivity contribution < 1.29 is 4.74 Å². The molecule has 2 aromatic carbocycles. The Morgan fingerprint density at radius 2 is 2.00 bits per heavy atom. The maximum atomic E-state index is 5.82. The molecule has 6 rings (SSSR count). The highest BCUT2D eigenvalue weighted by Gasteiger charge is 2.28. The number of nitrogens with zero attached hydrogens (tertiary/aromatic N) is 2.